The summed E-state index contributed by atoms with van der Waals surface area (Å²) in [5.74, 6) is 1.46. The lowest BCUT2D eigenvalue weighted by molar-refractivity contribution is -0.114. The minimum absolute atomic E-state index is 0.103. The van der Waals surface area contributed by atoms with Crippen LogP contribution in [0.3, 0.4) is 0 Å². The van der Waals surface area contributed by atoms with E-state index >= 15 is 0 Å². The van der Waals surface area contributed by atoms with E-state index in [-0.39, 0.29) is 5.91 Å². The molecule has 0 unspecified atom stereocenters. The molecule has 0 aliphatic carbocycles. The summed E-state index contributed by atoms with van der Waals surface area (Å²) in [6.07, 6.45) is 2.21. The van der Waals surface area contributed by atoms with Crippen LogP contribution >= 0.6 is 0 Å². The van der Waals surface area contributed by atoms with Gasteiger partial charge in [0.25, 0.3) is 0 Å². The van der Waals surface area contributed by atoms with Crippen molar-refractivity contribution in [1.82, 2.24) is 0 Å². The highest BCUT2D eigenvalue weighted by Crippen LogP contribution is 2.26. The van der Waals surface area contributed by atoms with Gasteiger partial charge in [0.1, 0.15) is 11.5 Å². The zero-order chi connectivity index (χ0) is 19.8. The molecule has 0 atom stereocenters. The lowest BCUT2D eigenvalue weighted by Gasteiger charge is -2.06. The van der Waals surface area contributed by atoms with Crippen LogP contribution in [0.2, 0.25) is 0 Å². The maximum atomic E-state index is 11.0. The molecule has 5 nitrogen and oxygen atoms in total. The average Bonchev–Trinajstić information content (AvgIpc) is 2.70. The maximum absolute atomic E-state index is 11.0. The number of nitrogens with zero attached hydrogens (tertiary/aromatic N) is 2. The van der Waals surface area contributed by atoms with Crippen molar-refractivity contribution in [3.63, 3.8) is 0 Å². The molecule has 0 aliphatic rings. The third kappa shape index (κ3) is 5.77. The van der Waals surface area contributed by atoms with E-state index in [0.717, 1.165) is 35.7 Å². The number of hydrogen-bond donors (Lipinski definition) is 1. The highest BCUT2D eigenvalue weighted by atomic mass is 16.5. The molecule has 3 aromatic rings. The molecular formula is C23H23N3O2. The normalized spacial score (nSPS) is 10.8. The molecule has 3 rings (SSSR count). The largest absolute Gasteiger partial charge is 0.457 e. The molecule has 1 N–H and O–H groups in total. The number of carbonyl (C=O) groups is 1. The zero-order valence-corrected chi connectivity index (χ0v) is 16.1. The van der Waals surface area contributed by atoms with Crippen molar-refractivity contribution in [1.29, 1.82) is 0 Å². The van der Waals surface area contributed by atoms with E-state index in [1.54, 1.807) is 24.3 Å². The van der Waals surface area contributed by atoms with Crippen LogP contribution < -0.4 is 10.1 Å². The standard InChI is InChI=1S/C23H23N3O2/c1-3-4-18-5-13-22(14-6-18)28-23-15-11-21(12-16-23)26-25-20-9-7-19(8-10-20)24-17(2)27/h5-16H,3-4H2,1-2H3,(H,24,27). The summed E-state index contributed by atoms with van der Waals surface area (Å²) in [6.45, 7) is 3.65. The van der Waals surface area contributed by atoms with E-state index in [1.165, 1.54) is 12.5 Å². The quantitative estimate of drug-likeness (QED) is 0.463. The Labute approximate surface area is 165 Å². The van der Waals surface area contributed by atoms with Crippen molar-refractivity contribution in [3.8, 4) is 11.5 Å². The SMILES string of the molecule is CCCc1ccc(Oc2ccc(N=Nc3ccc(NC(C)=O)cc3)cc2)cc1. The number of hydrogen-bond acceptors (Lipinski definition) is 4. The number of nitrogens with one attached hydrogen (secondary N) is 1. The van der Waals surface area contributed by atoms with Crippen molar-refractivity contribution in [2.24, 2.45) is 10.2 Å². The van der Waals surface area contributed by atoms with Gasteiger partial charge in [-0.15, -0.1) is 0 Å². The van der Waals surface area contributed by atoms with Crippen LogP contribution in [-0.2, 0) is 11.2 Å². The number of benzene rings is 3. The Balaban J connectivity index is 1.59. The van der Waals surface area contributed by atoms with Gasteiger partial charge in [0.05, 0.1) is 11.4 Å². The van der Waals surface area contributed by atoms with Crippen molar-refractivity contribution >= 4 is 23.0 Å². The van der Waals surface area contributed by atoms with Gasteiger partial charge in [0.2, 0.25) is 5.91 Å². The summed E-state index contributed by atoms with van der Waals surface area (Å²) < 4.78 is 5.87. The van der Waals surface area contributed by atoms with E-state index in [1.807, 2.05) is 36.4 Å². The van der Waals surface area contributed by atoms with Crippen LogP contribution in [0.5, 0.6) is 11.5 Å². The number of aryl methyl sites for hydroxylation is 1. The third-order valence-electron chi connectivity index (χ3n) is 4.00. The molecular weight excluding hydrogens is 350 g/mol. The Morgan fingerprint density at radius 3 is 1.82 bits per heavy atom. The second-order valence-corrected chi connectivity index (χ2v) is 6.42. The molecule has 5 heteroatoms. The van der Waals surface area contributed by atoms with Gasteiger partial charge in [-0.25, -0.2) is 0 Å². The second-order valence-electron chi connectivity index (χ2n) is 6.42. The average molecular weight is 373 g/mol. The van der Waals surface area contributed by atoms with Crippen LogP contribution in [-0.4, -0.2) is 5.91 Å². The second kappa shape index (κ2) is 9.46. The minimum Gasteiger partial charge on any atom is -0.457 e. The molecule has 0 fully saturated rings. The monoisotopic (exact) mass is 373 g/mol. The van der Waals surface area contributed by atoms with Gasteiger partial charge in [0, 0.05) is 12.6 Å². The fourth-order valence-electron chi connectivity index (χ4n) is 2.66. The first-order chi connectivity index (χ1) is 13.6. The van der Waals surface area contributed by atoms with Crippen LogP contribution in [0, 0.1) is 0 Å². The predicted octanol–water partition coefficient (Wildman–Crippen LogP) is 6.81. The van der Waals surface area contributed by atoms with Gasteiger partial charge in [-0.05, 0) is 72.6 Å². The number of carbonyl (C=O) groups excluding carboxylic acids is 1. The molecule has 0 spiro atoms. The smallest absolute Gasteiger partial charge is 0.221 e. The van der Waals surface area contributed by atoms with Gasteiger partial charge in [0.15, 0.2) is 0 Å². The molecule has 1 amide bonds. The van der Waals surface area contributed by atoms with Gasteiger partial charge >= 0.3 is 0 Å². The van der Waals surface area contributed by atoms with E-state index in [4.69, 9.17) is 4.74 Å². The van der Waals surface area contributed by atoms with Crippen molar-refractivity contribution in [2.45, 2.75) is 26.7 Å². The number of ether oxygens (including phenoxy) is 1. The number of azo groups is 1. The van der Waals surface area contributed by atoms with Crippen LogP contribution in [0.4, 0.5) is 17.1 Å². The van der Waals surface area contributed by atoms with Gasteiger partial charge in [-0.2, -0.15) is 10.2 Å². The number of amides is 1. The highest BCUT2D eigenvalue weighted by Gasteiger charge is 1.99. The minimum atomic E-state index is -0.103. The molecule has 0 bridgehead atoms. The van der Waals surface area contributed by atoms with E-state index in [9.17, 15) is 4.79 Å². The molecule has 0 heterocycles. The molecule has 0 saturated heterocycles. The van der Waals surface area contributed by atoms with E-state index in [2.05, 4.69) is 34.6 Å². The van der Waals surface area contributed by atoms with Crippen molar-refractivity contribution < 1.29 is 9.53 Å². The Morgan fingerprint density at radius 2 is 1.32 bits per heavy atom. The predicted molar refractivity (Wildman–Crippen MR) is 112 cm³/mol. The van der Waals surface area contributed by atoms with Crippen molar-refractivity contribution in [2.75, 3.05) is 5.32 Å². The lowest BCUT2D eigenvalue weighted by atomic mass is 10.1. The molecule has 3 aromatic carbocycles. The molecule has 0 aliphatic heterocycles. The van der Waals surface area contributed by atoms with Crippen LogP contribution in [0.25, 0.3) is 0 Å². The van der Waals surface area contributed by atoms with Gasteiger partial charge in [-0.1, -0.05) is 25.5 Å². The Morgan fingerprint density at radius 1 is 0.821 bits per heavy atom. The first kappa shape index (κ1) is 19.3. The molecule has 142 valence electrons. The molecule has 0 radical (unpaired) electrons. The van der Waals surface area contributed by atoms with Gasteiger partial charge < -0.3 is 10.1 Å². The van der Waals surface area contributed by atoms with Crippen molar-refractivity contribution in [3.05, 3.63) is 78.4 Å². The molecule has 28 heavy (non-hydrogen) atoms. The topological polar surface area (TPSA) is 63.1 Å². The summed E-state index contributed by atoms with van der Waals surface area (Å²) in [5.41, 5.74) is 3.49. The molecule has 0 aromatic heterocycles. The summed E-state index contributed by atoms with van der Waals surface area (Å²) in [4.78, 5) is 11.0. The first-order valence-corrected chi connectivity index (χ1v) is 9.28. The molecule has 0 saturated carbocycles. The Bertz CT molecular complexity index is 931. The summed E-state index contributed by atoms with van der Waals surface area (Å²) >= 11 is 0. The van der Waals surface area contributed by atoms with Gasteiger partial charge in [-0.3, -0.25) is 4.79 Å². The van der Waals surface area contributed by atoms with E-state index < -0.39 is 0 Å². The number of anilines is 1. The van der Waals surface area contributed by atoms with Crippen LogP contribution in [0.15, 0.2) is 83.0 Å². The summed E-state index contributed by atoms with van der Waals surface area (Å²) in [5, 5.41) is 11.2. The Hall–Kier alpha value is -3.47. The summed E-state index contributed by atoms with van der Waals surface area (Å²) in [6, 6.07) is 22.8. The fraction of sp³-hybridized carbons (Fsp3) is 0.174. The number of rotatable bonds is 7. The Kier molecular flexibility index (Phi) is 6.52. The highest BCUT2D eigenvalue weighted by molar-refractivity contribution is 5.88. The zero-order valence-electron chi connectivity index (χ0n) is 16.1. The lowest BCUT2D eigenvalue weighted by Crippen LogP contribution is -2.04. The van der Waals surface area contributed by atoms with E-state index in [0.29, 0.717) is 5.69 Å². The first-order valence-electron chi connectivity index (χ1n) is 9.28. The maximum Gasteiger partial charge on any atom is 0.221 e. The summed E-state index contributed by atoms with van der Waals surface area (Å²) in [7, 11) is 0. The fourth-order valence-corrected chi connectivity index (χ4v) is 2.66. The van der Waals surface area contributed by atoms with Crippen LogP contribution in [0.1, 0.15) is 25.8 Å². The third-order valence-corrected chi connectivity index (χ3v) is 4.00.